The Morgan fingerprint density at radius 2 is 2.06 bits per heavy atom. The van der Waals surface area contributed by atoms with E-state index in [-0.39, 0.29) is 17.9 Å². The highest BCUT2D eigenvalue weighted by molar-refractivity contribution is 5.79. The predicted octanol–water partition coefficient (Wildman–Crippen LogP) is 0.714. The van der Waals surface area contributed by atoms with Crippen molar-refractivity contribution in [2.45, 2.75) is 50.6 Å². The van der Waals surface area contributed by atoms with Crippen molar-refractivity contribution in [3.05, 3.63) is 0 Å². The van der Waals surface area contributed by atoms with Crippen LogP contribution in [-0.4, -0.2) is 43.0 Å². The van der Waals surface area contributed by atoms with Crippen molar-refractivity contribution in [2.24, 2.45) is 11.7 Å². The third kappa shape index (κ3) is 3.19. The van der Waals surface area contributed by atoms with E-state index in [1.54, 1.807) is 0 Å². The second kappa shape index (κ2) is 5.83. The van der Waals surface area contributed by atoms with Gasteiger partial charge in [-0.2, -0.15) is 0 Å². The van der Waals surface area contributed by atoms with Gasteiger partial charge in [-0.3, -0.25) is 4.79 Å². The molecule has 0 spiro atoms. The largest absolute Gasteiger partial charge is 0.354 e. The van der Waals surface area contributed by atoms with Crippen LogP contribution in [0.3, 0.4) is 0 Å². The van der Waals surface area contributed by atoms with Crippen LogP contribution in [0.25, 0.3) is 0 Å². The van der Waals surface area contributed by atoms with Gasteiger partial charge < -0.3 is 16.0 Å². The van der Waals surface area contributed by atoms with Crippen molar-refractivity contribution in [1.82, 2.24) is 10.2 Å². The Morgan fingerprint density at radius 3 is 2.71 bits per heavy atom. The van der Waals surface area contributed by atoms with Gasteiger partial charge in [0.15, 0.2) is 0 Å². The van der Waals surface area contributed by atoms with E-state index >= 15 is 0 Å². The van der Waals surface area contributed by atoms with Crippen LogP contribution < -0.4 is 11.1 Å². The molecule has 1 aliphatic heterocycles. The van der Waals surface area contributed by atoms with Crippen LogP contribution in [-0.2, 0) is 4.79 Å². The highest BCUT2D eigenvalue weighted by atomic mass is 16.1. The van der Waals surface area contributed by atoms with Gasteiger partial charge in [-0.05, 0) is 39.3 Å². The van der Waals surface area contributed by atoms with Gasteiger partial charge in [-0.25, -0.2) is 0 Å². The molecular formula is C13H25N3O. The number of nitrogens with two attached hydrogens (primary N) is 1. The van der Waals surface area contributed by atoms with Gasteiger partial charge in [-0.1, -0.05) is 12.8 Å². The molecule has 2 fully saturated rings. The first-order chi connectivity index (χ1) is 8.18. The third-order valence-electron chi connectivity index (χ3n) is 4.34. The zero-order chi connectivity index (χ0) is 12.3. The molecular weight excluding hydrogens is 214 g/mol. The Labute approximate surface area is 104 Å². The fourth-order valence-electron chi connectivity index (χ4n) is 3.07. The van der Waals surface area contributed by atoms with Crippen LogP contribution in [0.1, 0.15) is 38.5 Å². The van der Waals surface area contributed by atoms with E-state index in [0.717, 1.165) is 32.4 Å². The summed E-state index contributed by atoms with van der Waals surface area (Å²) in [5, 5.41) is 3.09. The van der Waals surface area contributed by atoms with Crippen LogP contribution >= 0.6 is 0 Å². The molecule has 3 atom stereocenters. The molecule has 2 aliphatic rings. The number of carbonyl (C=O) groups excluding carboxylic acids is 1. The van der Waals surface area contributed by atoms with Gasteiger partial charge in [0.2, 0.25) is 5.91 Å². The molecule has 1 amide bonds. The summed E-state index contributed by atoms with van der Waals surface area (Å²) in [5.74, 6) is 0.230. The molecule has 1 saturated heterocycles. The zero-order valence-corrected chi connectivity index (χ0v) is 10.8. The van der Waals surface area contributed by atoms with E-state index in [0.29, 0.717) is 6.04 Å². The summed E-state index contributed by atoms with van der Waals surface area (Å²) in [4.78, 5) is 14.4. The Balaban J connectivity index is 1.76. The van der Waals surface area contributed by atoms with Crippen molar-refractivity contribution in [3.63, 3.8) is 0 Å². The minimum absolute atomic E-state index is 0.0514. The maximum absolute atomic E-state index is 12.1. The monoisotopic (exact) mass is 239 g/mol. The number of nitrogens with one attached hydrogen (secondary N) is 1. The Bertz CT molecular complexity index is 269. The minimum atomic E-state index is 0.0514. The number of rotatable bonds is 3. The number of likely N-dealkylation sites (N-methyl/N-ethyl adjacent to an activating group) is 1. The summed E-state index contributed by atoms with van der Waals surface area (Å²) in [6, 6.07) is 0.601. The fourth-order valence-corrected chi connectivity index (χ4v) is 3.07. The standard InChI is InChI=1S/C13H25N3O/c1-16-8-4-5-10(16)9-15-13(17)11-6-2-3-7-12(11)14/h10-12H,2-9,14H2,1H3,(H,15,17). The molecule has 0 bridgehead atoms. The van der Waals surface area contributed by atoms with Crippen LogP contribution in [0, 0.1) is 5.92 Å². The van der Waals surface area contributed by atoms with Gasteiger partial charge in [-0.15, -0.1) is 0 Å². The summed E-state index contributed by atoms with van der Waals surface area (Å²) in [6.45, 7) is 1.95. The Kier molecular flexibility index (Phi) is 4.40. The smallest absolute Gasteiger partial charge is 0.224 e. The van der Waals surface area contributed by atoms with Gasteiger partial charge >= 0.3 is 0 Å². The summed E-state index contributed by atoms with van der Waals surface area (Å²) in [6.07, 6.45) is 6.74. The number of likely N-dealkylation sites (tertiary alicyclic amines) is 1. The molecule has 2 rings (SSSR count). The molecule has 0 aromatic rings. The molecule has 17 heavy (non-hydrogen) atoms. The number of carbonyl (C=O) groups is 1. The van der Waals surface area contributed by atoms with Gasteiger partial charge in [0.25, 0.3) is 0 Å². The normalized spacial score (nSPS) is 34.8. The SMILES string of the molecule is CN1CCCC1CNC(=O)C1CCCCC1N. The summed E-state index contributed by atoms with van der Waals surface area (Å²) >= 11 is 0. The Morgan fingerprint density at radius 1 is 1.29 bits per heavy atom. The molecule has 0 aromatic heterocycles. The van der Waals surface area contributed by atoms with Crippen LogP contribution in [0.2, 0.25) is 0 Å². The molecule has 1 heterocycles. The molecule has 0 radical (unpaired) electrons. The maximum Gasteiger partial charge on any atom is 0.224 e. The maximum atomic E-state index is 12.1. The van der Waals surface area contributed by atoms with Crippen LogP contribution in [0.15, 0.2) is 0 Å². The number of hydrogen-bond acceptors (Lipinski definition) is 3. The molecule has 3 unspecified atom stereocenters. The first-order valence-corrected chi connectivity index (χ1v) is 6.92. The second-order valence-electron chi connectivity index (χ2n) is 5.58. The van der Waals surface area contributed by atoms with Gasteiger partial charge in [0.1, 0.15) is 0 Å². The topological polar surface area (TPSA) is 58.4 Å². The summed E-state index contributed by atoms with van der Waals surface area (Å²) in [7, 11) is 2.14. The Hall–Kier alpha value is -0.610. The summed E-state index contributed by atoms with van der Waals surface area (Å²) < 4.78 is 0. The zero-order valence-electron chi connectivity index (χ0n) is 10.8. The molecule has 0 aromatic carbocycles. The van der Waals surface area contributed by atoms with E-state index in [1.165, 1.54) is 19.3 Å². The van der Waals surface area contributed by atoms with Crippen molar-refractivity contribution in [2.75, 3.05) is 20.1 Å². The van der Waals surface area contributed by atoms with E-state index < -0.39 is 0 Å². The highest BCUT2D eigenvalue weighted by Gasteiger charge is 2.29. The van der Waals surface area contributed by atoms with Gasteiger partial charge in [0.05, 0.1) is 5.92 Å². The second-order valence-corrected chi connectivity index (χ2v) is 5.58. The van der Waals surface area contributed by atoms with Crippen LogP contribution in [0.5, 0.6) is 0 Å². The van der Waals surface area contributed by atoms with E-state index in [9.17, 15) is 4.79 Å². The lowest BCUT2D eigenvalue weighted by Gasteiger charge is -2.28. The lowest BCUT2D eigenvalue weighted by atomic mass is 9.84. The van der Waals surface area contributed by atoms with Crippen LogP contribution in [0.4, 0.5) is 0 Å². The van der Waals surface area contributed by atoms with E-state index in [2.05, 4.69) is 17.3 Å². The predicted molar refractivity (Wildman–Crippen MR) is 68.6 cm³/mol. The molecule has 4 heteroatoms. The number of nitrogens with zero attached hydrogens (tertiary/aromatic N) is 1. The average molecular weight is 239 g/mol. The fraction of sp³-hybridized carbons (Fsp3) is 0.923. The van der Waals surface area contributed by atoms with E-state index in [4.69, 9.17) is 5.73 Å². The minimum Gasteiger partial charge on any atom is -0.354 e. The molecule has 3 N–H and O–H groups in total. The van der Waals surface area contributed by atoms with E-state index in [1.807, 2.05) is 0 Å². The molecule has 98 valence electrons. The molecule has 1 aliphatic carbocycles. The molecule has 1 saturated carbocycles. The number of hydrogen-bond donors (Lipinski definition) is 2. The summed E-state index contributed by atoms with van der Waals surface area (Å²) in [5.41, 5.74) is 6.02. The van der Waals surface area contributed by atoms with Crippen molar-refractivity contribution >= 4 is 5.91 Å². The first kappa shape index (κ1) is 12.8. The lowest BCUT2D eigenvalue weighted by Crippen LogP contribution is -2.46. The molecule has 4 nitrogen and oxygen atoms in total. The quantitative estimate of drug-likeness (QED) is 0.763. The number of amides is 1. The lowest BCUT2D eigenvalue weighted by molar-refractivity contribution is -0.126. The van der Waals surface area contributed by atoms with Gasteiger partial charge in [0, 0.05) is 18.6 Å². The van der Waals surface area contributed by atoms with Crippen molar-refractivity contribution < 1.29 is 4.79 Å². The first-order valence-electron chi connectivity index (χ1n) is 6.92. The van der Waals surface area contributed by atoms with Crippen molar-refractivity contribution in [3.8, 4) is 0 Å². The highest BCUT2D eigenvalue weighted by Crippen LogP contribution is 2.23. The average Bonchev–Trinajstić information content (AvgIpc) is 2.72. The third-order valence-corrected chi connectivity index (χ3v) is 4.34. The van der Waals surface area contributed by atoms with Crippen molar-refractivity contribution in [1.29, 1.82) is 0 Å².